The normalized spacial score (nSPS) is 30.3. The Kier molecular flexibility index (Phi) is 3.42. The van der Waals surface area contributed by atoms with Crippen LogP contribution in [-0.2, 0) is 10.2 Å². The van der Waals surface area contributed by atoms with Crippen molar-refractivity contribution in [2.24, 2.45) is 23.0 Å². The Hall–Kier alpha value is -3.56. The van der Waals surface area contributed by atoms with E-state index >= 15 is 0 Å². The lowest BCUT2D eigenvalue weighted by Crippen LogP contribution is -2.60. The summed E-state index contributed by atoms with van der Waals surface area (Å²) >= 11 is 0. The first-order valence-corrected chi connectivity index (χ1v) is 8.82. The molecule has 3 aliphatic rings. The van der Waals surface area contributed by atoms with Crippen molar-refractivity contribution in [3.05, 3.63) is 52.7 Å². The van der Waals surface area contributed by atoms with Crippen LogP contribution in [-0.4, -0.2) is 5.91 Å². The van der Waals surface area contributed by atoms with Crippen LogP contribution < -0.4 is 11.1 Å². The van der Waals surface area contributed by atoms with Crippen LogP contribution in [0.1, 0.15) is 25.3 Å². The van der Waals surface area contributed by atoms with Crippen molar-refractivity contribution in [3.8, 4) is 18.2 Å². The molecule has 27 heavy (non-hydrogen) atoms. The molecule has 1 amide bonds. The van der Waals surface area contributed by atoms with Crippen LogP contribution in [0.25, 0.3) is 0 Å². The van der Waals surface area contributed by atoms with Crippen LogP contribution in [0.3, 0.4) is 0 Å². The molecule has 0 radical (unpaired) electrons. The first-order valence-electron chi connectivity index (χ1n) is 8.82. The number of rotatable bonds is 0. The maximum absolute atomic E-state index is 13.4. The number of anilines is 1. The van der Waals surface area contributed by atoms with Crippen molar-refractivity contribution in [3.63, 3.8) is 0 Å². The standard InChI is InChI=1S/C21H17N5O/c1-12-6-7-13-14(9-22)18(25)20(10-23,11-24)21(16(13)8-12)15-4-2-3-5-17(15)26-19(21)27/h2-5,7,12,16H,6,8,25H2,1H3,(H,26,27)/t12-,16+,21-/m1/s1. The predicted molar refractivity (Wildman–Crippen MR) is 97.2 cm³/mol. The number of para-hydroxylation sites is 1. The topological polar surface area (TPSA) is 126 Å². The Labute approximate surface area is 157 Å². The van der Waals surface area contributed by atoms with Gasteiger partial charge in [-0.05, 0) is 36.0 Å². The summed E-state index contributed by atoms with van der Waals surface area (Å²) in [6, 6.07) is 13.3. The molecule has 1 aromatic rings. The zero-order valence-electron chi connectivity index (χ0n) is 14.8. The molecule has 0 bridgehead atoms. The number of carbonyl (C=O) groups is 1. The zero-order valence-corrected chi connectivity index (χ0v) is 14.8. The highest BCUT2D eigenvalue weighted by Gasteiger charge is 2.71. The second kappa shape index (κ2) is 5.47. The maximum Gasteiger partial charge on any atom is 0.238 e. The van der Waals surface area contributed by atoms with Gasteiger partial charge in [-0.2, -0.15) is 15.8 Å². The van der Waals surface area contributed by atoms with Gasteiger partial charge >= 0.3 is 0 Å². The average molecular weight is 355 g/mol. The van der Waals surface area contributed by atoms with E-state index in [0.717, 1.165) is 6.42 Å². The highest BCUT2D eigenvalue weighted by molar-refractivity contribution is 6.09. The van der Waals surface area contributed by atoms with Crippen molar-refractivity contribution in [1.29, 1.82) is 15.8 Å². The monoisotopic (exact) mass is 355 g/mol. The van der Waals surface area contributed by atoms with Crippen LogP contribution in [0, 0.1) is 51.2 Å². The van der Waals surface area contributed by atoms with Crippen molar-refractivity contribution < 1.29 is 4.79 Å². The fraction of sp³-hybridized carbons (Fsp3) is 0.333. The molecular weight excluding hydrogens is 338 g/mol. The lowest BCUT2D eigenvalue weighted by atomic mass is 9.47. The third kappa shape index (κ3) is 1.74. The van der Waals surface area contributed by atoms with E-state index in [-0.39, 0.29) is 17.2 Å². The number of benzene rings is 1. The van der Waals surface area contributed by atoms with E-state index in [1.165, 1.54) is 0 Å². The third-order valence-electron chi connectivity index (χ3n) is 6.24. The maximum atomic E-state index is 13.4. The van der Waals surface area contributed by atoms with Crippen LogP contribution in [0.15, 0.2) is 47.2 Å². The van der Waals surface area contributed by atoms with Crippen molar-refractivity contribution in [1.82, 2.24) is 0 Å². The van der Waals surface area contributed by atoms with Gasteiger partial charge in [0.05, 0.1) is 23.4 Å². The largest absolute Gasteiger partial charge is 0.399 e. The van der Waals surface area contributed by atoms with Gasteiger partial charge in [0.2, 0.25) is 11.3 Å². The number of nitrogens with two attached hydrogens (primary N) is 1. The minimum Gasteiger partial charge on any atom is -0.399 e. The van der Waals surface area contributed by atoms with Crippen molar-refractivity contribution in [2.45, 2.75) is 25.2 Å². The molecule has 3 N–H and O–H groups in total. The second-order valence-corrected chi connectivity index (χ2v) is 7.47. The summed E-state index contributed by atoms with van der Waals surface area (Å²) in [6.45, 7) is 2.06. The Morgan fingerprint density at radius 1 is 1.22 bits per heavy atom. The molecule has 6 nitrogen and oxygen atoms in total. The molecule has 0 saturated carbocycles. The lowest BCUT2D eigenvalue weighted by molar-refractivity contribution is -0.125. The van der Waals surface area contributed by atoms with Crippen LogP contribution in [0.2, 0.25) is 0 Å². The zero-order chi connectivity index (χ0) is 19.4. The number of hydrogen-bond donors (Lipinski definition) is 2. The van der Waals surface area contributed by atoms with Crippen LogP contribution in [0.5, 0.6) is 0 Å². The summed E-state index contributed by atoms with van der Waals surface area (Å²) in [6.07, 6.45) is 3.30. The summed E-state index contributed by atoms with van der Waals surface area (Å²) < 4.78 is 0. The molecule has 0 saturated heterocycles. The number of allylic oxidation sites excluding steroid dienone is 4. The van der Waals surface area contributed by atoms with Crippen LogP contribution in [0.4, 0.5) is 5.69 Å². The SMILES string of the molecule is C[C@@H]1CC=C2C(C#N)=C(N)C(C#N)(C#N)[C@@]3(C(=O)Nc4ccccc43)[C@H]2C1. The Morgan fingerprint density at radius 3 is 2.59 bits per heavy atom. The summed E-state index contributed by atoms with van der Waals surface area (Å²) in [5, 5.41) is 32.9. The third-order valence-corrected chi connectivity index (χ3v) is 6.24. The molecule has 0 unspecified atom stereocenters. The van der Waals surface area contributed by atoms with Gasteiger partial charge in [0.25, 0.3) is 0 Å². The van der Waals surface area contributed by atoms with Gasteiger partial charge in [-0.25, -0.2) is 0 Å². The van der Waals surface area contributed by atoms with Gasteiger partial charge in [0.1, 0.15) is 11.5 Å². The van der Waals surface area contributed by atoms with Crippen molar-refractivity contribution >= 4 is 11.6 Å². The van der Waals surface area contributed by atoms with E-state index in [2.05, 4.69) is 18.3 Å². The van der Waals surface area contributed by atoms with E-state index in [1.807, 2.05) is 18.2 Å². The molecule has 1 aliphatic heterocycles. The molecule has 4 rings (SSSR count). The van der Waals surface area contributed by atoms with Gasteiger partial charge in [0, 0.05) is 11.6 Å². The number of nitrogens with zero attached hydrogens (tertiary/aromatic N) is 3. The summed E-state index contributed by atoms with van der Waals surface area (Å²) in [7, 11) is 0. The Balaban J connectivity index is 2.20. The summed E-state index contributed by atoms with van der Waals surface area (Å²) in [5.74, 6) is -0.617. The van der Waals surface area contributed by atoms with Gasteiger partial charge in [-0.15, -0.1) is 0 Å². The van der Waals surface area contributed by atoms with E-state index < -0.39 is 22.7 Å². The first-order chi connectivity index (χ1) is 13.0. The number of nitriles is 3. The van der Waals surface area contributed by atoms with E-state index in [0.29, 0.717) is 23.2 Å². The van der Waals surface area contributed by atoms with Gasteiger partial charge in [-0.1, -0.05) is 31.2 Å². The molecule has 132 valence electrons. The first kappa shape index (κ1) is 16.9. The number of carbonyl (C=O) groups excluding carboxylic acids is 1. The molecule has 1 spiro atoms. The lowest BCUT2D eigenvalue weighted by Gasteiger charge is -2.50. The highest BCUT2D eigenvalue weighted by Crippen LogP contribution is 2.63. The molecule has 3 atom stereocenters. The van der Waals surface area contributed by atoms with Crippen LogP contribution >= 0.6 is 0 Å². The number of amides is 1. The molecule has 0 fully saturated rings. The molecule has 1 heterocycles. The smallest absolute Gasteiger partial charge is 0.238 e. The molecular formula is C21H17N5O. The van der Waals surface area contributed by atoms with E-state index in [1.54, 1.807) is 24.3 Å². The quantitative estimate of drug-likeness (QED) is 0.739. The fourth-order valence-corrected chi connectivity index (χ4v) is 5.04. The summed E-state index contributed by atoms with van der Waals surface area (Å²) in [5.41, 5.74) is 4.78. The number of hydrogen-bond acceptors (Lipinski definition) is 5. The minimum atomic E-state index is -1.95. The Bertz CT molecular complexity index is 1050. The minimum absolute atomic E-state index is 0.126. The average Bonchev–Trinajstić information content (AvgIpc) is 2.97. The predicted octanol–water partition coefficient (Wildman–Crippen LogP) is 2.63. The molecule has 6 heteroatoms. The van der Waals surface area contributed by atoms with Gasteiger partial charge in [-0.3, -0.25) is 4.79 Å². The van der Waals surface area contributed by atoms with Gasteiger partial charge < -0.3 is 11.1 Å². The summed E-state index contributed by atoms with van der Waals surface area (Å²) in [4.78, 5) is 13.4. The molecule has 1 aromatic carbocycles. The van der Waals surface area contributed by atoms with Crippen molar-refractivity contribution in [2.75, 3.05) is 5.32 Å². The van der Waals surface area contributed by atoms with E-state index in [9.17, 15) is 20.6 Å². The van der Waals surface area contributed by atoms with Gasteiger partial charge in [0.15, 0.2) is 0 Å². The number of fused-ring (bicyclic) bond motifs is 4. The fourth-order valence-electron chi connectivity index (χ4n) is 5.04. The molecule has 2 aliphatic carbocycles. The Morgan fingerprint density at radius 2 is 1.93 bits per heavy atom. The van der Waals surface area contributed by atoms with E-state index in [4.69, 9.17) is 5.73 Å². The second-order valence-electron chi connectivity index (χ2n) is 7.47. The highest BCUT2D eigenvalue weighted by atomic mass is 16.2. The molecule has 0 aromatic heterocycles. The number of nitrogens with one attached hydrogen (secondary N) is 1.